The van der Waals surface area contributed by atoms with Crippen molar-refractivity contribution in [3.8, 4) is 0 Å². The van der Waals surface area contributed by atoms with Crippen molar-refractivity contribution < 1.29 is 9.13 Å². The van der Waals surface area contributed by atoms with Gasteiger partial charge in [0.2, 0.25) is 0 Å². The van der Waals surface area contributed by atoms with Crippen LogP contribution in [0.15, 0.2) is 12.1 Å². The molecule has 0 N–H and O–H groups in total. The predicted molar refractivity (Wildman–Crippen MR) is 60.5 cm³/mol. The average Bonchev–Trinajstić information content (AvgIpc) is 2.18. The lowest BCUT2D eigenvalue weighted by atomic mass is 10.0. The van der Waals surface area contributed by atoms with Crippen LogP contribution in [0, 0.1) is 12.7 Å². The molecule has 2 heteroatoms. The van der Waals surface area contributed by atoms with E-state index in [1.807, 2.05) is 13.0 Å². The Morgan fingerprint density at radius 2 is 2.00 bits per heavy atom. The lowest BCUT2D eigenvalue weighted by Crippen LogP contribution is -2.11. The van der Waals surface area contributed by atoms with E-state index >= 15 is 0 Å². The highest BCUT2D eigenvalue weighted by Crippen LogP contribution is 2.21. The van der Waals surface area contributed by atoms with Crippen LogP contribution in [-0.4, -0.2) is 6.61 Å². The molecule has 0 unspecified atom stereocenters. The summed E-state index contributed by atoms with van der Waals surface area (Å²) < 4.78 is 18.5. The molecule has 1 aromatic rings. The fourth-order valence-electron chi connectivity index (χ4n) is 1.61. The van der Waals surface area contributed by atoms with Crippen molar-refractivity contribution >= 4 is 0 Å². The number of aryl methyl sites for hydroxylation is 1. The van der Waals surface area contributed by atoms with Crippen molar-refractivity contribution in [3.05, 3.63) is 34.6 Å². The van der Waals surface area contributed by atoms with Crippen LogP contribution < -0.4 is 0 Å². The van der Waals surface area contributed by atoms with Crippen LogP contribution in [-0.2, 0) is 17.8 Å². The maximum Gasteiger partial charge on any atom is 0.127 e. The third-order valence-electron chi connectivity index (χ3n) is 2.19. The zero-order valence-corrected chi connectivity index (χ0v) is 9.77. The topological polar surface area (TPSA) is 9.23 Å². The van der Waals surface area contributed by atoms with Gasteiger partial charge in [0.1, 0.15) is 5.82 Å². The Bertz CT molecular complexity index is 321. The van der Waals surface area contributed by atoms with Crippen LogP contribution in [0.25, 0.3) is 0 Å². The van der Waals surface area contributed by atoms with Crippen LogP contribution in [0.2, 0.25) is 0 Å². The van der Waals surface area contributed by atoms with Crippen LogP contribution in [0.1, 0.15) is 37.0 Å². The number of hydrogen-bond donors (Lipinski definition) is 0. The van der Waals surface area contributed by atoms with Gasteiger partial charge in [0, 0.05) is 0 Å². The fourth-order valence-corrected chi connectivity index (χ4v) is 1.61. The molecule has 0 fully saturated rings. The predicted octanol–water partition coefficient (Wildman–Crippen LogP) is 3.62. The van der Waals surface area contributed by atoms with Gasteiger partial charge in [-0.05, 0) is 36.1 Å². The molecule has 0 radical (unpaired) electrons. The van der Waals surface area contributed by atoms with Crippen LogP contribution >= 0.6 is 0 Å². The molecule has 0 saturated carbocycles. The van der Waals surface area contributed by atoms with Crippen molar-refractivity contribution in [2.75, 3.05) is 6.61 Å². The molecule has 0 saturated heterocycles. The first-order valence-electron chi connectivity index (χ1n) is 5.54. The third-order valence-corrected chi connectivity index (χ3v) is 2.19. The summed E-state index contributed by atoms with van der Waals surface area (Å²) in [7, 11) is 0. The van der Waals surface area contributed by atoms with Gasteiger partial charge in [0.25, 0.3) is 0 Å². The lowest BCUT2D eigenvalue weighted by Gasteiger charge is -2.17. The molecule has 0 amide bonds. The highest BCUT2D eigenvalue weighted by atomic mass is 19.1. The van der Waals surface area contributed by atoms with E-state index in [4.69, 9.17) is 4.74 Å². The van der Waals surface area contributed by atoms with Gasteiger partial charge in [-0.25, -0.2) is 4.39 Å². The summed E-state index contributed by atoms with van der Waals surface area (Å²) in [6, 6.07) is 3.59. The van der Waals surface area contributed by atoms with Gasteiger partial charge in [0.05, 0.1) is 13.2 Å². The molecule has 1 nitrogen and oxygen atoms in total. The minimum absolute atomic E-state index is 0.0756. The zero-order valence-electron chi connectivity index (χ0n) is 9.77. The van der Waals surface area contributed by atoms with Gasteiger partial charge in [-0.2, -0.15) is 0 Å². The molecule has 0 aromatic heterocycles. The lowest BCUT2D eigenvalue weighted by molar-refractivity contribution is 0.109. The maximum absolute atomic E-state index is 13.3. The largest absolute Gasteiger partial charge is 0.376 e. The standard InChI is InChI=1S/C10H11FO.C3H8/c1-7-4-8-6-12-3-2-9(8)10(11)5-7;1-3-2/h4-5H,2-3,6H2,1H3;3H2,1-2H3. The Labute approximate surface area is 91.3 Å². The molecule has 15 heavy (non-hydrogen) atoms. The minimum atomic E-state index is -0.0756. The van der Waals surface area contributed by atoms with Gasteiger partial charge in [0.15, 0.2) is 0 Å². The summed E-state index contributed by atoms with van der Waals surface area (Å²) in [6.07, 6.45) is 1.96. The SMILES string of the molecule is CCC.Cc1cc(F)c2c(c1)COCC2. The van der Waals surface area contributed by atoms with E-state index in [2.05, 4.69) is 13.8 Å². The van der Waals surface area contributed by atoms with E-state index in [-0.39, 0.29) is 5.82 Å². The number of halogens is 1. The molecule has 0 spiro atoms. The second kappa shape index (κ2) is 5.86. The fraction of sp³-hybridized carbons (Fsp3) is 0.538. The molecule has 1 aliphatic heterocycles. The van der Waals surface area contributed by atoms with Crippen LogP contribution in [0.4, 0.5) is 4.39 Å². The Hall–Kier alpha value is -0.890. The van der Waals surface area contributed by atoms with E-state index in [1.165, 1.54) is 6.42 Å². The quantitative estimate of drug-likeness (QED) is 0.635. The molecule has 0 aliphatic carbocycles. The maximum atomic E-state index is 13.3. The molecule has 0 bridgehead atoms. The highest BCUT2D eigenvalue weighted by molar-refractivity contribution is 5.33. The summed E-state index contributed by atoms with van der Waals surface area (Å²) in [4.78, 5) is 0. The molecule has 84 valence electrons. The smallest absolute Gasteiger partial charge is 0.127 e. The van der Waals surface area contributed by atoms with E-state index in [0.29, 0.717) is 19.6 Å². The van der Waals surface area contributed by atoms with Gasteiger partial charge >= 0.3 is 0 Å². The number of fused-ring (bicyclic) bond motifs is 1. The Kier molecular flexibility index (Phi) is 4.76. The van der Waals surface area contributed by atoms with Gasteiger partial charge in [-0.3, -0.25) is 0 Å². The van der Waals surface area contributed by atoms with E-state index in [9.17, 15) is 4.39 Å². The molecule has 1 heterocycles. The number of hydrogen-bond acceptors (Lipinski definition) is 1. The Balaban J connectivity index is 0.000000337. The average molecular weight is 210 g/mol. The monoisotopic (exact) mass is 210 g/mol. The third kappa shape index (κ3) is 3.31. The van der Waals surface area contributed by atoms with E-state index < -0.39 is 0 Å². The van der Waals surface area contributed by atoms with Gasteiger partial charge < -0.3 is 4.74 Å². The summed E-state index contributed by atoms with van der Waals surface area (Å²) in [5.74, 6) is -0.0756. The first kappa shape index (κ1) is 12.2. The molecular formula is C13H19FO. The molecule has 1 aliphatic rings. The van der Waals surface area contributed by atoms with Crippen molar-refractivity contribution in [3.63, 3.8) is 0 Å². The Morgan fingerprint density at radius 3 is 2.67 bits per heavy atom. The van der Waals surface area contributed by atoms with E-state index in [1.54, 1.807) is 6.07 Å². The van der Waals surface area contributed by atoms with Crippen molar-refractivity contribution in [2.45, 2.75) is 40.2 Å². The Morgan fingerprint density at radius 1 is 1.33 bits per heavy atom. The summed E-state index contributed by atoms with van der Waals surface area (Å²) in [5.41, 5.74) is 2.82. The normalized spacial score (nSPS) is 13.9. The van der Waals surface area contributed by atoms with Gasteiger partial charge in [-0.15, -0.1) is 0 Å². The first-order chi connectivity index (χ1) is 7.19. The number of ether oxygens (including phenoxy) is 1. The molecule has 0 atom stereocenters. The number of benzene rings is 1. The van der Waals surface area contributed by atoms with Crippen LogP contribution in [0.5, 0.6) is 0 Å². The van der Waals surface area contributed by atoms with E-state index in [0.717, 1.165) is 16.7 Å². The first-order valence-corrected chi connectivity index (χ1v) is 5.54. The van der Waals surface area contributed by atoms with Crippen molar-refractivity contribution in [1.29, 1.82) is 0 Å². The summed E-state index contributed by atoms with van der Waals surface area (Å²) in [5, 5.41) is 0. The molecular weight excluding hydrogens is 191 g/mol. The molecule has 2 rings (SSSR count). The van der Waals surface area contributed by atoms with Crippen LogP contribution in [0.3, 0.4) is 0 Å². The highest BCUT2D eigenvalue weighted by Gasteiger charge is 2.13. The zero-order chi connectivity index (χ0) is 11.3. The minimum Gasteiger partial charge on any atom is -0.376 e. The molecule has 1 aromatic carbocycles. The van der Waals surface area contributed by atoms with Gasteiger partial charge in [-0.1, -0.05) is 26.3 Å². The summed E-state index contributed by atoms with van der Waals surface area (Å²) in [6.45, 7) is 7.36. The second-order valence-electron chi connectivity index (χ2n) is 3.89. The van der Waals surface area contributed by atoms with Crippen molar-refractivity contribution in [2.24, 2.45) is 0 Å². The second-order valence-corrected chi connectivity index (χ2v) is 3.89. The van der Waals surface area contributed by atoms with Crippen molar-refractivity contribution in [1.82, 2.24) is 0 Å². The summed E-state index contributed by atoms with van der Waals surface area (Å²) >= 11 is 0. The number of rotatable bonds is 0.